The van der Waals surface area contributed by atoms with Crippen molar-refractivity contribution in [3.8, 4) is 39.4 Å². The molecule has 0 aromatic heterocycles. The molecule has 2 aliphatic carbocycles. The van der Waals surface area contributed by atoms with Gasteiger partial charge in [-0.1, -0.05) is 152 Å². The second-order valence-corrected chi connectivity index (χ2v) is 15.6. The van der Waals surface area contributed by atoms with Gasteiger partial charge in [0.1, 0.15) is 5.82 Å². The second-order valence-electron chi connectivity index (χ2n) is 15.6. The van der Waals surface area contributed by atoms with Crippen molar-refractivity contribution in [2.24, 2.45) is 0 Å². The van der Waals surface area contributed by atoms with Crippen LogP contribution in [-0.4, -0.2) is 0 Å². The van der Waals surface area contributed by atoms with Gasteiger partial charge in [0, 0.05) is 22.6 Å². The highest BCUT2D eigenvalue weighted by atomic mass is 19.1. The Bertz CT molecular complexity index is 3330. The maximum atomic E-state index is 15.3. The number of hydrogen-bond donors (Lipinski definition) is 0. The van der Waals surface area contributed by atoms with Crippen molar-refractivity contribution < 1.29 is 4.39 Å². The number of anilines is 3. The number of halogens is 1. The van der Waals surface area contributed by atoms with E-state index in [1.54, 1.807) is 12.1 Å². The van der Waals surface area contributed by atoms with Crippen LogP contribution in [0.4, 0.5) is 21.5 Å². The number of benzene rings is 10. The molecule has 274 valence electrons. The zero-order chi connectivity index (χ0) is 39.2. The molecule has 59 heavy (non-hydrogen) atoms. The molecule has 3 heteroatoms. The van der Waals surface area contributed by atoms with Crippen LogP contribution < -0.4 is 4.90 Å². The summed E-state index contributed by atoms with van der Waals surface area (Å²) in [6.07, 6.45) is 0. The molecule has 10 aromatic rings. The number of nitriles is 1. The van der Waals surface area contributed by atoms with E-state index in [0.717, 1.165) is 22.6 Å². The van der Waals surface area contributed by atoms with Gasteiger partial charge >= 0.3 is 0 Å². The summed E-state index contributed by atoms with van der Waals surface area (Å²) in [4.78, 5) is 2.34. The third-order valence-electron chi connectivity index (χ3n) is 12.8. The monoisotopic (exact) mass is 752 g/mol. The first-order valence-electron chi connectivity index (χ1n) is 20.0. The quantitative estimate of drug-likeness (QED) is 0.167. The fourth-order valence-corrected chi connectivity index (χ4v) is 10.3. The fourth-order valence-electron chi connectivity index (χ4n) is 10.3. The van der Waals surface area contributed by atoms with Crippen LogP contribution in [0.2, 0.25) is 0 Å². The van der Waals surface area contributed by atoms with Crippen molar-refractivity contribution in [2.45, 2.75) is 5.41 Å². The summed E-state index contributed by atoms with van der Waals surface area (Å²) in [5, 5.41) is 16.7. The molecule has 0 bridgehead atoms. The Hall–Kier alpha value is -7.80. The second kappa shape index (κ2) is 12.6. The molecule has 2 nitrogen and oxygen atoms in total. The van der Waals surface area contributed by atoms with Crippen LogP contribution in [0.1, 0.15) is 27.8 Å². The van der Waals surface area contributed by atoms with E-state index in [1.165, 1.54) is 82.9 Å². The highest BCUT2D eigenvalue weighted by Crippen LogP contribution is 2.63. The number of hydrogen-bond acceptors (Lipinski definition) is 2. The molecule has 0 atom stereocenters. The van der Waals surface area contributed by atoms with Crippen molar-refractivity contribution in [3.05, 3.63) is 234 Å². The van der Waals surface area contributed by atoms with Crippen molar-refractivity contribution >= 4 is 49.4 Å². The third-order valence-corrected chi connectivity index (χ3v) is 12.8. The zero-order valence-electron chi connectivity index (χ0n) is 31.8. The van der Waals surface area contributed by atoms with E-state index in [2.05, 4.69) is 175 Å². The van der Waals surface area contributed by atoms with Crippen molar-refractivity contribution in [1.82, 2.24) is 0 Å². The smallest absolute Gasteiger partial charge is 0.132 e. The molecule has 0 amide bonds. The molecule has 1 spiro atoms. The van der Waals surface area contributed by atoms with E-state index in [1.807, 2.05) is 18.2 Å². The summed E-state index contributed by atoms with van der Waals surface area (Å²) in [7, 11) is 0. The topological polar surface area (TPSA) is 27.0 Å². The number of rotatable bonds is 4. The molecule has 0 N–H and O–H groups in total. The standard InChI is InChI=1S/C56H33FN2/c57-55-31-35(34-58)21-28-40(55)36-22-24-37(25-23-36)59(38-26-29-45-43-13-2-1-11-41(43)42-12-3-4-14-44(42)50(45)32-38)39-27-30-49-48-17-7-10-20-53(48)56(54(49)33-39)51-18-8-5-15-46(51)47-16-6-9-19-52(47)56/h1-33H. The van der Waals surface area contributed by atoms with Gasteiger partial charge in [-0.15, -0.1) is 0 Å². The van der Waals surface area contributed by atoms with Gasteiger partial charge in [-0.25, -0.2) is 4.39 Å². The molecule has 0 saturated carbocycles. The molecule has 10 aromatic carbocycles. The molecule has 0 heterocycles. The lowest BCUT2D eigenvalue weighted by atomic mass is 9.70. The van der Waals surface area contributed by atoms with Gasteiger partial charge in [0.05, 0.1) is 17.0 Å². The van der Waals surface area contributed by atoms with Crippen molar-refractivity contribution in [3.63, 3.8) is 0 Å². The van der Waals surface area contributed by atoms with Crippen LogP contribution in [0.25, 0.3) is 65.7 Å². The first-order valence-corrected chi connectivity index (χ1v) is 20.0. The maximum absolute atomic E-state index is 15.3. The third kappa shape index (κ3) is 4.66. The number of nitrogens with zero attached hydrogens (tertiary/aromatic N) is 2. The van der Waals surface area contributed by atoms with Crippen LogP contribution in [0.5, 0.6) is 0 Å². The lowest BCUT2D eigenvalue weighted by molar-refractivity contribution is 0.631. The van der Waals surface area contributed by atoms with E-state index < -0.39 is 11.2 Å². The van der Waals surface area contributed by atoms with Gasteiger partial charge in [-0.2, -0.15) is 5.26 Å². The van der Waals surface area contributed by atoms with Crippen LogP contribution in [0.15, 0.2) is 200 Å². The van der Waals surface area contributed by atoms with Crippen LogP contribution in [0.3, 0.4) is 0 Å². The molecular formula is C56H33FN2. The summed E-state index contributed by atoms with van der Waals surface area (Å²) < 4.78 is 15.3. The predicted octanol–water partition coefficient (Wildman–Crippen LogP) is 14.6. The maximum Gasteiger partial charge on any atom is 0.132 e. The Balaban J connectivity index is 1.11. The highest BCUT2D eigenvalue weighted by molar-refractivity contribution is 6.25. The van der Waals surface area contributed by atoms with Gasteiger partial charge in [-0.05, 0) is 131 Å². The van der Waals surface area contributed by atoms with E-state index in [0.29, 0.717) is 11.1 Å². The average molecular weight is 753 g/mol. The highest BCUT2D eigenvalue weighted by Gasteiger charge is 2.51. The van der Waals surface area contributed by atoms with Crippen molar-refractivity contribution in [2.75, 3.05) is 4.90 Å². The lowest BCUT2D eigenvalue weighted by Gasteiger charge is -2.32. The fraction of sp³-hybridized carbons (Fsp3) is 0.0179. The summed E-state index contributed by atoms with van der Waals surface area (Å²) in [5.41, 5.74) is 14.2. The molecule has 0 radical (unpaired) electrons. The molecular weight excluding hydrogens is 720 g/mol. The van der Waals surface area contributed by atoms with Gasteiger partial charge < -0.3 is 4.90 Å². The van der Waals surface area contributed by atoms with E-state index in [4.69, 9.17) is 0 Å². The zero-order valence-corrected chi connectivity index (χ0v) is 31.8. The molecule has 12 rings (SSSR count). The largest absolute Gasteiger partial charge is 0.310 e. The minimum atomic E-state index is -0.490. The first kappa shape index (κ1) is 33.4. The predicted molar refractivity (Wildman–Crippen MR) is 240 cm³/mol. The van der Waals surface area contributed by atoms with Crippen LogP contribution in [0, 0.1) is 17.1 Å². The molecule has 0 saturated heterocycles. The minimum absolute atomic E-state index is 0.301. The summed E-state index contributed by atoms with van der Waals surface area (Å²) in [6.45, 7) is 0. The van der Waals surface area contributed by atoms with Gasteiger partial charge in [-0.3, -0.25) is 0 Å². The SMILES string of the molecule is N#Cc1ccc(-c2ccc(N(c3ccc4c(c3)C3(c5ccccc5-c5ccccc53)c3ccccc3-4)c3ccc4c5ccccc5c5ccccc5c4c3)cc2)c(F)c1. The Kier molecular flexibility index (Phi) is 7.12. The number of fused-ring (bicyclic) bond motifs is 16. The Morgan fingerprint density at radius 3 is 1.37 bits per heavy atom. The normalized spacial score (nSPS) is 12.9. The van der Waals surface area contributed by atoms with E-state index in [-0.39, 0.29) is 0 Å². The summed E-state index contributed by atoms with van der Waals surface area (Å²) in [5.74, 6) is -0.414. The summed E-state index contributed by atoms with van der Waals surface area (Å²) in [6, 6.07) is 72.6. The molecule has 0 fully saturated rings. The van der Waals surface area contributed by atoms with Crippen LogP contribution in [-0.2, 0) is 5.41 Å². The van der Waals surface area contributed by atoms with Gasteiger partial charge in [0.25, 0.3) is 0 Å². The average Bonchev–Trinajstić information content (AvgIpc) is 3.76. The Morgan fingerprint density at radius 1 is 0.373 bits per heavy atom. The lowest BCUT2D eigenvalue weighted by Crippen LogP contribution is -2.26. The molecule has 0 aliphatic heterocycles. The Morgan fingerprint density at radius 2 is 0.814 bits per heavy atom. The van der Waals surface area contributed by atoms with Gasteiger partial charge in [0.15, 0.2) is 0 Å². The van der Waals surface area contributed by atoms with Crippen LogP contribution >= 0.6 is 0 Å². The van der Waals surface area contributed by atoms with Crippen molar-refractivity contribution in [1.29, 1.82) is 5.26 Å². The van der Waals surface area contributed by atoms with E-state index in [9.17, 15) is 5.26 Å². The van der Waals surface area contributed by atoms with Gasteiger partial charge in [0.2, 0.25) is 0 Å². The molecule has 2 aliphatic rings. The van der Waals surface area contributed by atoms with E-state index >= 15 is 4.39 Å². The summed E-state index contributed by atoms with van der Waals surface area (Å²) >= 11 is 0. The Labute approximate surface area is 341 Å². The minimum Gasteiger partial charge on any atom is -0.310 e. The first-order chi connectivity index (χ1) is 29.1. The molecule has 0 unspecified atom stereocenters.